The molecule has 51 heavy (non-hydrogen) atoms. The molecule has 10 rings (SSSR count). The maximum atomic E-state index is 6.57. The largest absolute Gasteiger partial charge is 0.456 e. The summed E-state index contributed by atoms with van der Waals surface area (Å²) in [4.78, 5) is 7.34. The number of nitrogens with zero attached hydrogens (tertiary/aromatic N) is 2. The standard InChI is InChI=1S/C47H30N2OS/c1-3-11-31(12-4-1)32-21-25-36(26-22-32)49(37-27-23-34(24-28-37)39-18-9-16-33-13-7-8-17-38(33)39)42-19-10-20-43-46(42)40-29-45-41(30-44(40)50-43)48-47(51-45)35-14-5-2-6-15-35/h1-30H. The van der Waals surface area contributed by atoms with Crippen LogP contribution in [-0.2, 0) is 0 Å². The lowest BCUT2D eigenvalue weighted by Gasteiger charge is -2.26. The lowest BCUT2D eigenvalue weighted by molar-refractivity contribution is 0.669. The lowest BCUT2D eigenvalue weighted by atomic mass is 9.98. The predicted octanol–water partition coefficient (Wildman–Crippen LogP) is 13.8. The van der Waals surface area contributed by atoms with Gasteiger partial charge in [-0.15, -0.1) is 11.3 Å². The summed E-state index contributed by atoms with van der Waals surface area (Å²) in [5.41, 5.74) is 11.7. The Kier molecular flexibility index (Phi) is 7.00. The summed E-state index contributed by atoms with van der Waals surface area (Å²) < 4.78 is 7.71. The van der Waals surface area contributed by atoms with Crippen LogP contribution in [0, 0.1) is 0 Å². The van der Waals surface area contributed by atoms with Gasteiger partial charge in [0.25, 0.3) is 0 Å². The van der Waals surface area contributed by atoms with E-state index in [4.69, 9.17) is 9.40 Å². The molecule has 8 aromatic carbocycles. The van der Waals surface area contributed by atoms with Crippen molar-refractivity contribution in [2.24, 2.45) is 0 Å². The molecule has 0 radical (unpaired) electrons. The molecule has 0 unspecified atom stereocenters. The molecule has 0 atom stereocenters. The Hall–Kier alpha value is -6.49. The van der Waals surface area contributed by atoms with Crippen LogP contribution < -0.4 is 4.90 Å². The van der Waals surface area contributed by atoms with E-state index in [1.165, 1.54) is 33.0 Å². The van der Waals surface area contributed by atoms with Gasteiger partial charge in [0.1, 0.15) is 16.2 Å². The van der Waals surface area contributed by atoms with Crippen LogP contribution in [0.2, 0.25) is 0 Å². The van der Waals surface area contributed by atoms with Crippen molar-refractivity contribution in [3.8, 4) is 32.8 Å². The highest BCUT2D eigenvalue weighted by atomic mass is 32.1. The van der Waals surface area contributed by atoms with E-state index in [0.717, 1.165) is 59.8 Å². The van der Waals surface area contributed by atoms with Crippen LogP contribution in [0.5, 0.6) is 0 Å². The molecule has 0 bridgehead atoms. The highest BCUT2D eigenvalue weighted by molar-refractivity contribution is 7.21. The molecule has 0 spiro atoms. The zero-order valence-corrected chi connectivity index (χ0v) is 28.3. The van der Waals surface area contributed by atoms with Crippen LogP contribution in [0.15, 0.2) is 186 Å². The number of anilines is 3. The summed E-state index contributed by atoms with van der Waals surface area (Å²) in [5, 5.41) is 5.65. The quantitative estimate of drug-likeness (QED) is 0.176. The van der Waals surface area contributed by atoms with Crippen molar-refractivity contribution in [2.45, 2.75) is 0 Å². The molecule has 0 amide bonds. The molecule has 0 N–H and O–H groups in total. The van der Waals surface area contributed by atoms with Gasteiger partial charge in [-0.25, -0.2) is 4.98 Å². The van der Waals surface area contributed by atoms with Crippen molar-refractivity contribution >= 4 is 71.3 Å². The summed E-state index contributed by atoms with van der Waals surface area (Å²) in [6, 6.07) is 64.5. The minimum Gasteiger partial charge on any atom is -0.456 e. The van der Waals surface area contributed by atoms with Gasteiger partial charge in [0.2, 0.25) is 0 Å². The number of hydrogen-bond acceptors (Lipinski definition) is 4. The average Bonchev–Trinajstić information content (AvgIpc) is 3.79. The van der Waals surface area contributed by atoms with Crippen LogP contribution in [0.25, 0.3) is 75.8 Å². The molecule has 0 fully saturated rings. The molecule has 0 aliphatic rings. The summed E-state index contributed by atoms with van der Waals surface area (Å²) in [6.07, 6.45) is 0. The SMILES string of the molecule is c1ccc(-c2ccc(N(c3ccc(-c4cccc5ccccc45)cc3)c3cccc4oc5cc6nc(-c7ccccc7)sc6cc5c34)cc2)cc1. The fourth-order valence-corrected chi connectivity index (χ4v) is 8.24. The second-order valence-electron chi connectivity index (χ2n) is 12.8. The molecule has 240 valence electrons. The van der Waals surface area contributed by atoms with Gasteiger partial charge >= 0.3 is 0 Å². The molecule has 10 aromatic rings. The maximum Gasteiger partial charge on any atom is 0.137 e. The second kappa shape index (κ2) is 12.1. The maximum absolute atomic E-state index is 6.57. The topological polar surface area (TPSA) is 29.3 Å². The number of fused-ring (bicyclic) bond motifs is 5. The van der Waals surface area contributed by atoms with Gasteiger partial charge in [-0.05, 0) is 75.5 Å². The van der Waals surface area contributed by atoms with Crippen molar-refractivity contribution in [1.29, 1.82) is 0 Å². The first-order valence-electron chi connectivity index (χ1n) is 17.1. The Labute approximate surface area is 299 Å². The first-order valence-corrected chi connectivity index (χ1v) is 17.9. The van der Waals surface area contributed by atoms with Gasteiger partial charge in [0.15, 0.2) is 0 Å². The Morgan fingerprint density at radius 2 is 1.10 bits per heavy atom. The Balaban J connectivity index is 1.14. The van der Waals surface area contributed by atoms with Crippen molar-refractivity contribution in [1.82, 2.24) is 4.98 Å². The van der Waals surface area contributed by atoms with E-state index in [1.54, 1.807) is 11.3 Å². The van der Waals surface area contributed by atoms with Crippen LogP contribution in [-0.4, -0.2) is 4.98 Å². The molecule has 0 aliphatic carbocycles. The molecule has 0 saturated heterocycles. The third kappa shape index (κ3) is 5.16. The van der Waals surface area contributed by atoms with E-state index < -0.39 is 0 Å². The van der Waals surface area contributed by atoms with E-state index in [0.29, 0.717) is 0 Å². The third-order valence-corrected chi connectivity index (χ3v) is 10.8. The van der Waals surface area contributed by atoms with Crippen molar-refractivity contribution in [2.75, 3.05) is 4.90 Å². The van der Waals surface area contributed by atoms with Gasteiger partial charge in [-0.2, -0.15) is 0 Å². The number of thiazole rings is 1. The smallest absolute Gasteiger partial charge is 0.137 e. The van der Waals surface area contributed by atoms with Crippen LogP contribution >= 0.6 is 11.3 Å². The summed E-state index contributed by atoms with van der Waals surface area (Å²) in [5.74, 6) is 0. The summed E-state index contributed by atoms with van der Waals surface area (Å²) >= 11 is 1.72. The van der Waals surface area contributed by atoms with Gasteiger partial charge in [0.05, 0.1) is 21.3 Å². The average molecular weight is 671 g/mol. The Bertz CT molecular complexity index is 2830. The van der Waals surface area contributed by atoms with E-state index in [-0.39, 0.29) is 0 Å². The van der Waals surface area contributed by atoms with Crippen LogP contribution in [0.4, 0.5) is 17.1 Å². The summed E-state index contributed by atoms with van der Waals surface area (Å²) in [6.45, 7) is 0. The molecule has 0 aliphatic heterocycles. The van der Waals surface area contributed by atoms with E-state index in [1.807, 2.05) is 6.07 Å². The number of hydrogen-bond donors (Lipinski definition) is 0. The first kappa shape index (κ1) is 29.4. The first-order chi connectivity index (χ1) is 25.3. The second-order valence-corrected chi connectivity index (χ2v) is 13.8. The van der Waals surface area contributed by atoms with Crippen molar-refractivity contribution in [3.63, 3.8) is 0 Å². The number of furan rings is 1. The van der Waals surface area contributed by atoms with Crippen LogP contribution in [0.3, 0.4) is 0 Å². The Morgan fingerprint density at radius 1 is 0.471 bits per heavy atom. The van der Waals surface area contributed by atoms with Gasteiger partial charge in [0, 0.05) is 28.4 Å². The summed E-state index contributed by atoms with van der Waals surface area (Å²) in [7, 11) is 0. The minimum absolute atomic E-state index is 0.834. The third-order valence-electron chi connectivity index (χ3n) is 9.70. The van der Waals surface area contributed by atoms with E-state index >= 15 is 0 Å². The fraction of sp³-hybridized carbons (Fsp3) is 0. The van der Waals surface area contributed by atoms with Gasteiger partial charge in [-0.3, -0.25) is 0 Å². The molecule has 2 aromatic heterocycles. The molecule has 3 nitrogen and oxygen atoms in total. The van der Waals surface area contributed by atoms with Crippen molar-refractivity contribution < 1.29 is 4.42 Å². The Morgan fingerprint density at radius 3 is 1.86 bits per heavy atom. The van der Waals surface area contributed by atoms with E-state index in [2.05, 4.69) is 181 Å². The molecule has 2 heterocycles. The highest BCUT2D eigenvalue weighted by Gasteiger charge is 2.21. The molecular weight excluding hydrogens is 641 g/mol. The monoisotopic (exact) mass is 670 g/mol. The molecule has 4 heteroatoms. The van der Waals surface area contributed by atoms with Crippen molar-refractivity contribution in [3.05, 3.63) is 182 Å². The lowest BCUT2D eigenvalue weighted by Crippen LogP contribution is -2.10. The zero-order valence-electron chi connectivity index (χ0n) is 27.5. The van der Waals surface area contributed by atoms with Crippen LogP contribution in [0.1, 0.15) is 0 Å². The predicted molar refractivity (Wildman–Crippen MR) is 215 cm³/mol. The highest BCUT2D eigenvalue weighted by Crippen LogP contribution is 2.45. The molecular formula is C47H30N2OS. The molecule has 0 saturated carbocycles. The number of aromatic nitrogens is 1. The minimum atomic E-state index is 0.834. The normalized spacial score (nSPS) is 11.5. The van der Waals surface area contributed by atoms with Gasteiger partial charge in [-0.1, -0.05) is 133 Å². The number of rotatable bonds is 6. The fourth-order valence-electron chi connectivity index (χ4n) is 7.25. The van der Waals surface area contributed by atoms with E-state index in [9.17, 15) is 0 Å². The number of benzene rings is 8. The zero-order chi connectivity index (χ0) is 33.7. The van der Waals surface area contributed by atoms with Gasteiger partial charge < -0.3 is 9.32 Å².